The second kappa shape index (κ2) is 5.43. The van der Waals surface area contributed by atoms with Gasteiger partial charge in [-0.3, -0.25) is 4.79 Å². The van der Waals surface area contributed by atoms with Crippen molar-refractivity contribution < 1.29 is 4.79 Å². The van der Waals surface area contributed by atoms with Crippen LogP contribution in [0.5, 0.6) is 0 Å². The molecule has 4 nitrogen and oxygen atoms in total. The molecule has 4 heteroatoms. The minimum atomic E-state index is 0.392. The summed E-state index contributed by atoms with van der Waals surface area (Å²) >= 11 is 0. The largest absolute Gasteiger partial charge is 0.299 e. The molecule has 0 aromatic carbocycles. The molecule has 0 amide bonds. The van der Waals surface area contributed by atoms with Crippen molar-refractivity contribution in [1.82, 2.24) is 14.8 Å². The van der Waals surface area contributed by atoms with Gasteiger partial charge in [0.25, 0.3) is 0 Å². The van der Waals surface area contributed by atoms with Gasteiger partial charge in [-0.1, -0.05) is 13.8 Å². The van der Waals surface area contributed by atoms with Crippen LogP contribution in [-0.4, -0.2) is 20.5 Å². The van der Waals surface area contributed by atoms with Crippen molar-refractivity contribution in [3.63, 3.8) is 0 Å². The van der Waals surface area contributed by atoms with Gasteiger partial charge in [0, 0.05) is 25.3 Å². The Balaban J connectivity index is 1.77. The summed E-state index contributed by atoms with van der Waals surface area (Å²) in [5.74, 6) is 2.43. The van der Waals surface area contributed by atoms with E-state index in [1.165, 1.54) is 0 Å². The van der Waals surface area contributed by atoms with Gasteiger partial charge in [-0.25, -0.2) is 9.67 Å². The SMILES string of the molecule is CC(C)Cn1ncnc1CCCC(=O)C1CC1. The molecule has 0 atom stereocenters. The maximum atomic E-state index is 11.6. The number of hydrogen-bond acceptors (Lipinski definition) is 3. The van der Waals surface area contributed by atoms with Crippen molar-refractivity contribution in [3.05, 3.63) is 12.2 Å². The van der Waals surface area contributed by atoms with Gasteiger partial charge in [-0.2, -0.15) is 5.10 Å². The highest BCUT2D eigenvalue weighted by Crippen LogP contribution is 2.31. The lowest BCUT2D eigenvalue weighted by molar-refractivity contribution is -0.120. The van der Waals surface area contributed by atoms with E-state index in [0.717, 1.165) is 38.1 Å². The highest BCUT2D eigenvalue weighted by Gasteiger charge is 2.28. The van der Waals surface area contributed by atoms with Gasteiger partial charge in [0.15, 0.2) is 0 Å². The third kappa shape index (κ3) is 3.65. The zero-order valence-electron chi connectivity index (χ0n) is 10.7. The number of rotatable bonds is 7. The van der Waals surface area contributed by atoms with E-state index in [1.54, 1.807) is 6.33 Å². The van der Waals surface area contributed by atoms with Crippen LogP contribution in [0.15, 0.2) is 6.33 Å². The zero-order chi connectivity index (χ0) is 12.3. The first-order valence-electron chi connectivity index (χ1n) is 6.56. The molecule has 0 unspecified atom stereocenters. The summed E-state index contributed by atoms with van der Waals surface area (Å²) in [5, 5.41) is 4.22. The summed E-state index contributed by atoms with van der Waals surface area (Å²) in [4.78, 5) is 15.8. The molecule has 0 radical (unpaired) electrons. The molecule has 0 N–H and O–H groups in total. The predicted octanol–water partition coefficient (Wildman–Crippen LogP) is 2.24. The van der Waals surface area contributed by atoms with Crippen molar-refractivity contribution in [2.45, 2.75) is 52.5 Å². The Bertz CT molecular complexity index is 380. The number of aromatic nitrogens is 3. The molecule has 2 rings (SSSR count). The number of nitrogens with zero attached hydrogens (tertiary/aromatic N) is 3. The van der Waals surface area contributed by atoms with E-state index in [9.17, 15) is 4.79 Å². The lowest BCUT2D eigenvalue weighted by Gasteiger charge is -2.08. The number of carbonyl (C=O) groups is 1. The third-order valence-corrected chi connectivity index (χ3v) is 3.09. The van der Waals surface area contributed by atoms with Crippen LogP contribution in [0, 0.1) is 11.8 Å². The summed E-state index contributed by atoms with van der Waals surface area (Å²) in [5.41, 5.74) is 0. The summed E-state index contributed by atoms with van der Waals surface area (Å²) in [6, 6.07) is 0. The van der Waals surface area contributed by atoms with Gasteiger partial charge in [0.05, 0.1) is 0 Å². The van der Waals surface area contributed by atoms with Crippen molar-refractivity contribution >= 4 is 5.78 Å². The standard InChI is InChI=1S/C13H21N3O/c1-10(2)8-16-13(14-9-15-16)5-3-4-12(17)11-6-7-11/h9-11H,3-8H2,1-2H3. The highest BCUT2D eigenvalue weighted by atomic mass is 16.1. The Morgan fingerprint density at radius 3 is 2.94 bits per heavy atom. The Labute approximate surface area is 102 Å². The molecule has 1 aliphatic carbocycles. The fourth-order valence-electron chi connectivity index (χ4n) is 2.01. The van der Waals surface area contributed by atoms with Crippen LogP contribution in [0.25, 0.3) is 0 Å². The van der Waals surface area contributed by atoms with Gasteiger partial charge in [0.2, 0.25) is 0 Å². The molecule has 0 aliphatic heterocycles. The fraction of sp³-hybridized carbons (Fsp3) is 0.769. The number of hydrogen-bond donors (Lipinski definition) is 0. The Morgan fingerprint density at radius 2 is 2.29 bits per heavy atom. The molecular weight excluding hydrogens is 214 g/mol. The van der Waals surface area contributed by atoms with E-state index in [0.29, 0.717) is 24.0 Å². The maximum Gasteiger partial charge on any atom is 0.138 e. The molecule has 17 heavy (non-hydrogen) atoms. The van der Waals surface area contributed by atoms with E-state index in [4.69, 9.17) is 0 Å². The molecule has 0 bridgehead atoms. The van der Waals surface area contributed by atoms with Crippen molar-refractivity contribution in [1.29, 1.82) is 0 Å². The minimum absolute atomic E-state index is 0.392. The van der Waals surface area contributed by atoms with Crippen LogP contribution < -0.4 is 0 Å². The van der Waals surface area contributed by atoms with E-state index >= 15 is 0 Å². The van der Waals surface area contributed by atoms with Gasteiger partial charge in [0.1, 0.15) is 17.9 Å². The van der Waals surface area contributed by atoms with Gasteiger partial charge >= 0.3 is 0 Å². The Hall–Kier alpha value is -1.19. The van der Waals surface area contributed by atoms with E-state index in [2.05, 4.69) is 23.9 Å². The number of aryl methyl sites for hydroxylation is 1. The van der Waals surface area contributed by atoms with Crippen LogP contribution in [0.2, 0.25) is 0 Å². The molecule has 1 aliphatic rings. The molecule has 1 heterocycles. The molecule has 1 fully saturated rings. The molecule has 0 saturated heterocycles. The number of ketones is 1. The summed E-state index contributed by atoms with van der Waals surface area (Å²) in [6.07, 6.45) is 6.32. The monoisotopic (exact) mass is 235 g/mol. The van der Waals surface area contributed by atoms with Gasteiger partial charge < -0.3 is 0 Å². The van der Waals surface area contributed by atoms with Crippen LogP contribution in [0.4, 0.5) is 0 Å². The summed E-state index contributed by atoms with van der Waals surface area (Å²) < 4.78 is 1.96. The maximum absolute atomic E-state index is 11.6. The van der Waals surface area contributed by atoms with Gasteiger partial charge in [-0.15, -0.1) is 0 Å². The van der Waals surface area contributed by atoms with Crippen molar-refractivity contribution in [3.8, 4) is 0 Å². The van der Waals surface area contributed by atoms with Crippen LogP contribution in [-0.2, 0) is 17.8 Å². The zero-order valence-corrected chi connectivity index (χ0v) is 10.7. The first-order chi connectivity index (χ1) is 8.16. The lowest BCUT2D eigenvalue weighted by atomic mass is 10.1. The van der Waals surface area contributed by atoms with Crippen molar-refractivity contribution in [2.24, 2.45) is 11.8 Å². The molecule has 0 spiro atoms. The van der Waals surface area contributed by atoms with E-state index in [-0.39, 0.29) is 0 Å². The predicted molar refractivity (Wildman–Crippen MR) is 65.5 cm³/mol. The van der Waals surface area contributed by atoms with Crippen LogP contribution >= 0.6 is 0 Å². The normalized spacial score (nSPS) is 15.5. The van der Waals surface area contributed by atoms with Crippen molar-refractivity contribution in [2.75, 3.05) is 0 Å². The second-order valence-electron chi connectivity index (χ2n) is 5.35. The quantitative estimate of drug-likeness (QED) is 0.728. The molecule has 1 aromatic heterocycles. The van der Waals surface area contributed by atoms with E-state index in [1.807, 2.05) is 4.68 Å². The minimum Gasteiger partial charge on any atom is -0.299 e. The second-order valence-corrected chi connectivity index (χ2v) is 5.35. The Kier molecular flexibility index (Phi) is 3.92. The van der Waals surface area contributed by atoms with Gasteiger partial charge in [-0.05, 0) is 25.2 Å². The average Bonchev–Trinajstić information content (AvgIpc) is 3.03. The lowest BCUT2D eigenvalue weighted by Crippen LogP contribution is -2.11. The third-order valence-electron chi connectivity index (χ3n) is 3.09. The summed E-state index contributed by atoms with van der Waals surface area (Å²) in [6.45, 7) is 5.25. The molecule has 94 valence electrons. The molecule has 1 aromatic rings. The smallest absolute Gasteiger partial charge is 0.138 e. The van der Waals surface area contributed by atoms with Crippen LogP contribution in [0.1, 0.15) is 45.4 Å². The first-order valence-corrected chi connectivity index (χ1v) is 6.56. The number of carbonyl (C=O) groups excluding carboxylic acids is 1. The molecule has 1 saturated carbocycles. The highest BCUT2D eigenvalue weighted by molar-refractivity contribution is 5.83. The fourth-order valence-corrected chi connectivity index (χ4v) is 2.01. The molecular formula is C13H21N3O. The summed E-state index contributed by atoms with van der Waals surface area (Å²) in [7, 11) is 0. The first kappa shape index (κ1) is 12.3. The van der Waals surface area contributed by atoms with E-state index < -0.39 is 0 Å². The topological polar surface area (TPSA) is 47.8 Å². The number of Topliss-reactive ketones (excluding diaryl/α,β-unsaturated/α-hetero) is 1. The average molecular weight is 235 g/mol. The van der Waals surface area contributed by atoms with Crippen LogP contribution in [0.3, 0.4) is 0 Å². The Morgan fingerprint density at radius 1 is 1.53 bits per heavy atom.